The van der Waals surface area contributed by atoms with E-state index < -0.39 is 10.0 Å². The number of sulfonamides is 1. The molecule has 19 heavy (non-hydrogen) atoms. The van der Waals surface area contributed by atoms with Crippen LogP contribution in [0.15, 0.2) is 24.3 Å². The van der Waals surface area contributed by atoms with Crippen LogP contribution in [0.2, 0.25) is 0 Å². The molecule has 0 aliphatic carbocycles. The van der Waals surface area contributed by atoms with Gasteiger partial charge in [0.25, 0.3) is 0 Å². The Hall–Kier alpha value is -1.60. The third-order valence-corrected chi connectivity index (χ3v) is 4.14. The first-order chi connectivity index (χ1) is 9.11. The van der Waals surface area contributed by atoms with Gasteiger partial charge in [-0.1, -0.05) is 12.1 Å². The first-order valence-electron chi connectivity index (χ1n) is 6.26. The summed E-state index contributed by atoms with van der Waals surface area (Å²) in [5.41, 5.74) is 1.90. The van der Waals surface area contributed by atoms with Gasteiger partial charge in [-0.2, -0.15) is 0 Å². The van der Waals surface area contributed by atoms with Crippen LogP contribution in [0, 0.1) is 0 Å². The van der Waals surface area contributed by atoms with Crippen molar-refractivity contribution in [3.05, 3.63) is 24.3 Å². The lowest BCUT2D eigenvalue weighted by Gasteiger charge is -2.04. The van der Waals surface area contributed by atoms with Crippen molar-refractivity contribution in [1.29, 1.82) is 0 Å². The first-order valence-corrected chi connectivity index (χ1v) is 7.92. The Kier molecular flexibility index (Phi) is 4.39. The molecular weight excluding hydrogens is 264 g/mol. The van der Waals surface area contributed by atoms with Gasteiger partial charge < -0.3 is 10.3 Å². The molecule has 1 aromatic carbocycles. The van der Waals surface area contributed by atoms with Crippen LogP contribution in [0.4, 0.5) is 5.95 Å². The van der Waals surface area contributed by atoms with Crippen molar-refractivity contribution in [3.8, 4) is 0 Å². The monoisotopic (exact) mass is 282 g/mol. The maximum absolute atomic E-state index is 11.2. The lowest BCUT2D eigenvalue weighted by atomic mass is 10.3. The van der Waals surface area contributed by atoms with Crippen molar-refractivity contribution in [1.82, 2.24) is 14.7 Å². The van der Waals surface area contributed by atoms with Gasteiger partial charge in [0, 0.05) is 13.1 Å². The third-order valence-electron chi connectivity index (χ3n) is 2.74. The summed E-state index contributed by atoms with van der Waals surface area (Å²) >= 11 is 0. The molecule has 2 aromatic rings. The van der Waals surface area contributed by atoms with E-state index >= 15 is 0 Å². The Morgan fingerprint density at radius 1 is 1.26 bits per heavy atom. The Bertz CT molecular complexity index is 603. The number of nitrogens with one attached hydrogen (secondary N) is 3. The zero-order valence-electron chi connectivity index (χ0n) is 10.8. The van der Waals surface area contributed by atoms with Gasteiger partial charge in [-0.05, 0) is 25.5 Å². The number of aromatic nitrogens is 2. The van der Waals surface area contributed by atoms with E-state index in [2.05, 4.69) is 20.0 Å². The molecule has 0 fully saturated rings. The summed E-state index contributed by atoms with van der Waals surface area (Å²) in [7, 11) is -3.09. The molecule has 1 aromatic heterocycles. The SMILES string of the molecule is CCS(=O)(=O)NCCCNc1nc2ccccc2[nH]1. The molecule has 2 rings (SSSR count). The number of rotatable bonds is 7. The Morgan fingerprint density at radius 2 is 2.05 bits per heavy atom. The van der Waals surface area contributed by atoms with Crippen LogP contribution >= 0.6 is 0 Å². The molecule has 0 aliphatic rings. The number of anilines is 1. The fourth-order valence-electron chi connectivity index (χ4n) is 1.66. The summed E-state index contributed by atoms with van der Waals surface area (Å²) in [6.07, 6.45) is 0.705. The number of H-pyrrole nitrogens is 1. The molecule has 0 amide bonds. The Labute approximate surface area is 112 Å². The van der Waals surface area contributed by atoms with Gasteiger partial charge in [0.15, 0.2) is 0 Å². The van der Waals surface area contributed by atoms with Gasteiger partial charge in [-0.15, -0.1) is 0 Å². The number of imidazole rings is 1. The topological polar surface area (TPSA) is 86.9 Å². The first kappa shape index (κ1) is 13.8. The van der Waals surface area contributed by atoms with Crippen molar-refractivity contribution < 1.29 is 8.42 Å². The van der Waals surface area contributed by atoms with Crippen molar-refractivity contribution in [2.75, 3.05) is 24.2 Å². The molecule has 1 heterocycles. The Morgan fingerprint density at radius 3 is 2.79 bits per heavy atom. The minimum absolute atomic E-state index is 0.115. The van der Waals surface area contributed by atoms with E-state index in [0.717, 1.165) is 11.0 Å². The molecule has 0 bridgehead atoms. The number of benzene rings is 1. The number of fused-ring (bicyclic) bond motifs is 1. The molecule has 0 saturated carbocycles. The van der Waals surface area contributed by atoms with Crippen molar-refractivity contribution in [3.63, 3.8) is 0 Å². The summed E-state index contributed by atoms with van der Waals surface area (Å²) in [6.45, 7) is 2.71. The number of nitrogens with zero attached hydrogens (tertiary/aromatic N) is 1. The molecule has 7 heteroatoms. The second-order valence-electron chi connectivity index (χ2n) is 4.18. The highest BCUT2D eigenvalue weighted by Gasteiger charge is 2.04. The van der Waals surface area contributed by atoms with Crippen molar-refractivity contribution in [2.24, 2.45) is 0 Å². The van der Waals surface area contributed by atoms with E-state index in [0.29, 0.717) is 25.5 Å². The standard InChI is InChI=1S/C12H18N4O2S/c1-2-19(17,18)14-9-5-8-13-12-15-10-6-3-4-7-11(10)16-12/h3-4,6-7,14H,2,5,8-9H2,1H3,(H2,13,15,16). The predicted octanol–water partition coefficient (Wildman–Crippen LogP) is 1.30. The highest BCUT2D eigenvalue weighted by Crippen LogP contribution is 2.12. The maximum Gasteiger partial charge on any atom is 0.211 e. The summed E-state index contributed by atoms with van der Waals surface area (Å²) < 4.78 is 24.9. The van der Waals surface area contributed by atoms with Gasteiger partial charge in [0.2, 0.25) is 16.0 Å². The fourth-order valence-corrected chi connectivity index (χ4v) is 2.32. The quantitative estimate of drug-likeness (QED) is 0.668. The molecular formula is C12H18N4O2S. The molecule has 0 aliphatic heterocycles. The zero-order valence-corrected chi connectivity index (χ0v) is 11.6. The molecule has 0 spiro atoms. The van der Waals surface area contributed by atoms with Crippen LogP contribution < -0.4 is 10.0 Å². The van der Waals surface area contributed by atoms with Crippen LogP contribution in [0.3, 0.4) is 0 Å². The molecule has 0 atom stereocenters. The van der Waals surface area contributed by atoms with Crippen molar-refractivity contribution >= 4 is 27.0 Å². The summed E-state index contributed by atoms with van der Waals surface area (Å²) in [6, 6.07) is 7.78. The smallest absolute Gasteiger partial charge is 0.211 e. The van der Waals surface area contributed by atoms with E-state index in [-0.39, 0.29) is 5.75 Å². The minimum atomic E-state index is -3.09. The Balaban J connectivity index is 1.77. The van der Waals surface area contributed by atoms with Gasteiger partial charge in [-0.3, -0.25) is 0 Å². The average molecular weight is 282 g/mol. The third kappa shape index (κ3) is 3.93. The molecule has 0 unspecified atom stereocenters. The number of hydrogen-bond acceptors (Lipinski definition) is 4. The highest BCUT2D eigenvalue weighted by molar-refractivity contribution is 7.89. The number of para-hydroxylation sites is 2. The van der Waals surface area contributed by atoms with E-state index in [1.165, 1.54) is 0 Å². The maximum atomic E-state index is 11.2. The largest absolute Gasteiger partial charge is 0.356 e. The van der Waals surface area contributed by atoms with Crippen LogP contribution in [-0.2, 0) is 10.0 Å². The molecule has 6 nitrogen and oxygen atoms in total. The van der Waals surface area contributed by atoms with Crippen LogP contribution in [-0.4, -0.2) is 37.2 Å². The van der Waals surface area contributed by atoms with Gasteiger partial charge in [-0.25, -0.2) is 18.1 Å². The number of hydrogen-bond donors (Lipinski definition) is 3. The lowest BCUT2D eigenvalue weighted by Crippen LogP contribution is -2.27. The van der Waals surface area contributed by atoms with Gasteiger partial charge in [0.1, 0.15) is 0 Å². The van der Waals surface area contributed by atoms with Crippen LogP contribution in [0.1, 0.15) is 13.3 Å². The van der Waals surface area contributed by atoms with E-state index in [4.69, 9.17) is 0 Å². The minimum Gasteiger partial charge on any atom is -0.356 e. The molecule has 104 valence electrons. The second-order valence-corrected chi connectivity index (χ2v) is 6.28. The lowest BCUT2D eigenvalue weighted by molar-refractivity contribution is 0.581. The number of aromatic amines is 1. The molecule has 0 radical (unpaired) electrons. The van der Waals surface area contributed by atoms with Gasteiger partial charge in [0.05, 0.1) is 16.8 Å². The average Bonchev–Trinajstić information content (AvgIpc) is 2.81. The summed E-state index contributed by atoms with van der Waals surface area (Å²) in [5.74, 6) is 0.823. The fraction of sp³-hybridized carbons (Fsp3) is 0.417. The normalized spacial score (nSPS) is 11.8. The second kappa shape index (κ2) is 6.03. The molecule has 0 saturated heterocycles. The summed E-state index contributed by atoms with van der Waals surface area (Å²) in [5, 5.41) is 3.14. The predicted molar refractivity (Wildman–Crippen MR) is 76.7 cm³/mol. The van der Waals surface area contributed by atoms with E-state index in [1.54, 1.807) is 6.92 Å². The van der Waals surface area contributed by atoms with E-state index in [9.17, 15) is 8.42 Å². The van der Waals surface area contributed by atoms with Gasteiger partial charge >= 0.3 is 0 Å². The highest BCUT2D eigenvalue weighted by atomic mass is 32.2. The summed E-state index contributed by atoms with van der Waals surface area (Å²) in [4.78, 5) is 7.52. The van der Waals surface area contributed by atoms with Crippen LogP contribution in [0.25, 0.3) is 11.0 Å². The van der Waals surface area contributed by atoms with Crippen LogP contribution in [0.5, 0.6) is 0 Å². The van der Waals surface area contributed by atoms with Crippen molar-refractivity contribution in [2.45, 2.75) is 13.3 Å². The molecule has 3 N–H and O–H groups in total. The zero-order chi connectivity index (χ0) is 13.7. The van der Waals surface area contributed by atoms with E-state index in [1.807, 2.05) is 24.3 Å².